The van der Waals surface area contributed by atoms with E-state index in [9.17, 15) is 9.90 Å². The number of fused-ring (bicyclic) bond motifs is 3. The van der Waals surface area contributed by atoms with Crippen LogP contribution in [-0.2, 0) is 11.2 Å². The van der Waals surface area contributed by atoms with Gasteiger partial charge in [0.25, 0.3) is 0 Å². The number of rotatable bonds is 3. The van der Waals surface area contributed by atoms with Crippen LogP contribution in [-0.4, -0.2) is 36.9 Å². The van der Waals surface area contributed by atoms with Gasteiger partial charge < -0.3 is 14.7 Å². The van der Waals surface area contributed by atoms with E-state index in [-0.39, 0.29) is 23.4 Å². The third-order valence-electron chi connectivity index (χ3n) is 6.88. The first-order valence-corrected chi connectivity index (χ1v) is 10.3. The summed E-state index contributed by atoms with van der Waals surface area (Å²) in [4.78, 5) is 15.0. The normalized spacial score (nSPS) is 30.7. The highest BCUT2D eigenvalue weighted by atomic mass is 16.5. The zero-order valence-electron chi connectivity index (χ0n) is 16.1. The molecule has 1 aromatic rings. The maximum absolute atomic E-state index is 12.7. The zero-order valence-corrected chi connectivity index (χ0v) is 16.1. The Balaban J connectivity index is 1.81. The van der Waals surface area contributed by atoms with E-state index in [2.05, 4.69) is 24.0 Å². The molecule has 4 nitrogen and oxygen atoms in total. The predicted octanol–water partition coefficient (Wildman–Crippen LogP) is 4.04. The molecular formula is C22H31NO3. The fourth-order valence-electron chi connectivity index (χ4n) is 5.53. The van der Waals surface area contributed by atoms with Gasteiger partial charge in [-0.2, -0.15) is 0 Å². The first-order valence-electron chi connectivity index (χ1n) is 10.3. The Kier molecular flexibility index (Phi) is 4.72. The van der Waals surface area contributed by atoms with Crippen molar-refractivity contribution in [3.8, 4) is 0 Å². The quantitative estimate of drug-likeness (QED) is 0.830. The van der Waals surface area contributed by atoms with E-state index >= 15 is 0 Å². The van der Waals surface area contributed by atoms with E-state index in [1.165, 1.54) is 24.0 Å². The minimum absolute atomic E-state index is 0.140. The number of ether oxygens (including phenoxy) is 1. The second-order valence-electron chi connectivity index (χ2n) is 8.57. The van der Waals surface area contributed by atoms with Gasteiger partial charge in [-0.25, -0.2) is 4.79 Å². The molecule has 3 atom stereocenters. The summed E-state index contributed by atoms with van der Waals surface area (Å²) < 4.78 is 5.38. The summed E-state index contributed by atoms with van der Waals surface area (Å²) in [6, 6.07) is 4.30. The highest BCUT2D eigenvalue weighted by molar-refractivity contribution is 5.96. The van der Waals surface area contributed by atoms with Crippen LogP contribution in [0.3, 0.4) is 0 Å². The number of hydrogen-bond acceptors (Lipinski definition) is 4. The number of anilines is 1. The molecule has 1 aromatic carbocycles. The molecule has 1 heterocycles. The van der Waals surface area contributed by atoms with Gasteiger partial charge in [0.15, 0.2) is 0 Å². The molecule has 4 heteroatoms. The van der Waals surface area contributed by atoms with Gasteiger partial charge in [0.1, 0.15) is 0 Å². The number of carbonyl (C=O) groups is 1. The van der Waals surface area contributed by atoms with E-state index in [0.29, 0.717) is 12.2 Å². The summed E-state index contributed by atoms with van der Waals surface area (Å²) in [6.07, 6.45) is 7.34. The summed E-state index contributed by atoms with van der Waals surface area (Å²) in [7, 11) is 0. The van der Waals surface area contributed by atoms with E-state index in [4.69, 9.17) is 4.74 Å². The summed E-state index contributed by atoms with van der Waals surface area (Å²) in [5, 5.41) is 10.8. The van der Waals surface area contributed by atoms with Gasteiger partial charge in [-0.3, -0.25) is 0 Å². The third kappa shape index (κ3) is 2.92. The Bertz CT molecular complexity index is 695. The Morgan fingerprint density at radius 2 is 2.04 bits per heavy atom. The number of aliphatic hydroxyl groups is 1. The number of hydrogen-bond donors (Lipinski definition) is 1. The molecule has 0 aromatic heterocycles. The van der Waals surface area contributed by atoms with Gasteiger partial charge in [-0.05, 0) is 74.1 Å². The van der Waals surface area contributed by atoms with E-state index in [0.717, 1.165) is 50.9 Å². The zero-order chi connectivity index (χ0) is 18.3. The molecule has 2 fully saturated rings. The van der Waals surface area contributed by atoms with Gasteiger partial charge in [0, 0.05) is 19.0 Å². The summed E-state index contributed by atoms with van der Waals surface area (Å²) in [5.74, 6) is -0.0874. The number of carbonyl (C=O) groups excluding carboxylic acids is 1. The van der Waals surface area contributed by atoms with Gasteiger partial charge in [-0.1, -0.05) is 13.3 Å². The van der Waals surface area contributed by atoms with Crippen LogP contribution in [0.2, 0.25) is 0 Å². The van der Waals surface area contributed by atoms with Crippen LogP contribution >= 0.6 is 0 Å². The van der Waals surface area contributed by atoms with Crippen molar-refractivity contribution < 1.29 is 14.6 Å². The first-order chi connectivity index (χ1) is 12.5. The second-order valence-corrected chi connectivity index (χ2v) is 8.57. The number of nitrogens with zero attached hydrogens (tertiary/aromatic N) is 1. The van der Waals surface area contributed by atoms with Crippen molar-refractivity contribution in [3.05, 3.63) is 28.8 Å². The molecule has 1 saturated heterocycles. The van der Waals surface area contributed by atoms with Gasteiger partial charge in [-0.15, -0.1) is 0 Å². The van der Waals surface area contributed by atoms with E-state index < -0.39 is 0 Å². The molecule has 142 valence electrons. The molecule has 1 saturated carbocycles. The molecule has 2 aliphatic carbocycles. The lowest BCUT2D eigenvalue weighted by molar-refractivity contribution is 0.0150. The molecule has 0 spiro atoms. The second kappa shape index (κ2) is 6.88. The lowest BCUT2D eigenvalue weighted by Gasteiger charge is -2.48. The maximum Gasteiger partial charge on any atom is 0.340 e. The van der Waals surface area contributed by atoms with Crippen molar-refractivity contribution in [2.24, 2.45) is 5.41 Å². The average Bonchev–Trinajstić information content (AvgIpc) is 3.15. The summed E-state index contributed by atoms with van der Waals surface area (Å²) in [5.41, 5.74) is 4.38. The van der Waals surface area contributed by atoms with Crippen molar-refractivity contribution in [2.75, 3.05) is 24.6 Å². The van der Waals surface area contributed by atoms with Crippen LogP contribution in [0, 0.1) is 5.41 Å². The predicted molar refractivity (Wildman–Crippen MR) is 103 cm³/mol. The molecule has 0 radical (unpaired) electrons. The van der Waals surface area contributed by atoms with Crippen LogP contribution in [0.5, 0.6) is 0 Å². The summed E-state index contributed by atoms with van der Waals surface area (Å²) in [6.45, 7) is 6.58. The molecule has 3 unspecified atom stereocenters. The number of aliphatic hydroxyl groups excluding tert-OH is 1. The Morgan fingerprint density at radius 1 is 1.27 bits per heavy atom. The smallest absolute Gasteiger partial charge is 0.340 e. The van der Waals surface area contributed by atoms with E-state index in [1.54, 1.807) is 0 Å². The molecule has 0 bridgehead atoms. The van der Waals surface area contributed by atoms with Crippen molar-refractivity contribution in [1.82, 2.24) is 0 Å². The van der Waals surface area contributed by atoms with Gasteiger partial charge in [0.2, 0.25) is 0 Å². The van der Waals surface area contributed by atoms with Gasteiger partial charge >= 0.3 is 5.97 Å². The highest BCUT2D eigenvalue weighted by Gasteiger charge is 2.46. The van der Waals surface area contributed by atoms with Crippen LogP contribution in [0.1, 0.15) is 79.8 Å². The Morgan fingerprint density at radius 3 is 2.77 bits per heavy atom. The van der Waals surface area contributed by atoms with Crippen molar-refractivity contribution in [3.63, 3.8) is 0 Å². The molecule has 1 aliphatic heterocycles. The molecular weight excluding hydrogens is 326 g/mol. The minimum atomic E-state index is -0.305. The van der Waals surface area contributed by atoms with Crippen LogP contribution in [0.4, 0.5) is 5.69 Å². The number of esters is 1. The van der Waals surface area contributed by atoms with Crippen molar-refractivity contribution in [2.45, 2.75) is 70.8 Å². The Labute approximate surface area is 156 Å². The first kappa shape index (κ1) is 17.8. The number of aryl methyl sites for hydroxylation is 1. The van der Waals surface area contributed by atoms with Gasteiger partial charge in [0.05, 0.1) is 24.0 Å². The largest absolute Gasteiger partial charge is 0.462 e. The minimum Gasteiger partial charge on any atom is -0.462 e. The summed E-state index contributed by atoms with van der Waals surface area (Å²) >= 11 is 0. The van der Waals surface area contributed by atoms with Crippen LogP contribution < -0.4 is 4.90 Å². The molecule has 3 aliphatic rings. The molecule has 1 N–H and O–H groups in total. The topological polar surface area (TPSA) is 49.8 Å². The third-order valence-corrected chi connectivity index (χ3v) is 6.88. The van der Waals surface area contributed by atoms with Crippen molar-refractivity contribution in [1.29, 1.82) is 0 Å². The fourth-order valence-corrected chi connectivity index (χ4v) is 5.53. The molecule has 26 heavy (non-hydrogen) atoms. The van der Waals surface area contributed by atoms with Crippen molar-refractivity contribution >= 4 is 11.7 Å². The lowest BCUT2D eigenvalue weighted by atomic mass is 9.57. The highest BCUT2D eigenvalue weighted by Crippen LogP contribution is 2.54. The fraction of sp³-hybridized carbons (Fsp3) is 0.682. The van der Waals surface area contributed by atoms with Crippen LogP contribution in [0.15, 0.2) is 12.1 Å². The maximum atomic E-state index is 12.7. The van der Waals surface area contributed by atoms with E-state index in [1.807, 2.05) is 6.92 Å². The average molecular weight is 357 g/mol. The van der Waals surface area contributed by atoms with Crippen LogP contribution in [0.25, 0.3) is 0 Å². The standard InChI is InChI=1S/C22H31NO3/c1-3-26-21(25)17-14-16-15(13-18(17)23-11-4-5-12-23)8-10-22(2)9-6-7-19(24)20(16)22/h13-14,19-20,24H,3-12H2,1-2H3. The molecule has 0 amide bonds. The monoisotopic (exact) mass is 357 g/mol. The SMILES string of the molecule is CCOC(=O)c1cc2c(cc1N1CCCC1)CCC1(C)CCCC(O)C21. The lowest BCUT2D eigenvalue weighted by Crippen LogP contribution is -2.42. The Hall–Kier alpha value is -1.55. The number of benzene rings is 1. The molecule has 4 rings (SSSR count).